The van der Waals surface area contributed by atoms with Crippen molar-refractivity contribution in [3.8, 4) is 0 Å². The summed E-state index contributed by atoms with van der Waals surface area (Å²) in [5.41, 5.74) is 1.49. The monoisotopic (exact) mass is 271 g/mol. The minimum absolute atomic E-state index is 0.0676. The van der Waals surface area contributed by atoms with E-state index in [-0.39, 0.29) is 24.2 Å². The number of carbonyl (C=O) groups is 1. The molecule has 1 atom stereocenters. The molecule has 2 nitrogen and oxygen atoms in total. The molecule has 0 saturated heterocycles. The van der Waals surface area contributed by atoms with Gasteiger partial charge in [-0.2, -0.15) is 0 Å². The summed E-state index contributed by atoms with van der Waals surface area (Å²) in [6, 6.07) is 16.1. The number of hydrogen-bond donors (Lipinski definition) is 1. The molecular weight excluding hydrogens is 253 g/mol. The SMILES string of the molecule is CC[C@H](C(=O)NCc1ccccc1F)c1ccccc1. The third kappa shape index (κ3) is 3.44. The van der Waals surface area contributed by atoms with Crippen LogP contribution in [0.2, 0.25) is 0 Å². The summed E-state index contributed by atoms with van der Waals surface area (Å²) in [5, 5.41) is 2.81. The second-order valence-corrected chi connectivity index (χ2v) is 4.68. The van der Waals surface area contributed by atoms with Crippen LogP contribution < -0.4 is 5.32 Å². The molecule has 1 N–H and O–H groups in total. The zero-order valence-electron chi connectivity index (χ0n) is 11.5. The molecule has 0 aliphatic heterocycles. The highest BCUT2D eigenvalue weighted by atomic mass is 19.1. The molecule has 104 valence electrons. The lowest BCUT2D eigenvalue weighted by atomic mass is 9.95. The van der Waals surface area contributed by atoms with Crippen LogP contribution in [0.1, 0.15) is 30.4 Å². The number of benzene rings is 2. The van der Waals surface area contributed by atoms with Gasteiger partial charge in [0.25, 0.3) is 0 Å². The average Bonchev–Trinajstić information content (AvgIpc) is 2.48. The van der Waals surface area contributed by atoms with Gasteiger partial charge in [0.05, 0.1) is 5.92 Å². The zero-order chi connectivity index (χ0) is 14.4. The van der Waals surface area contributed by atoms with E-state index in [4.69, 9.17) is 0 Å². The predicted octanol–water partition coefficient (Wildman–Crippen LogP) is 3.64. The lowest BCUT2D eigenvalue weighted by Gasteiger charge is -2.15. The third-order valence-corrected chi connectivity index (χ3v) is 3.34. The first-order chi connectivity index (χ1) is 9.72. The van der Waals surface area contributed by atoms with Gasteiger partial charge in [0.15, 0.2) is 0 Å². The van der Waals surface area contributed by atoms with E-state index in [2.05, 4.69) is 5.32 Å². The number of nitrogens with one attached hydrogen (secondary N) is 1. The molecule has 0 fully saturated rings. The fraction of sp³-hybridized carbons (Fsp3) is 0.235. The van der Waals surface area contributed by atoms with Crippen LogP contribution in [0.4, 0.5) is 4.39 Å². The summed E-state index contributed by atoms with van der Waals surface area (Å²) in [7, 11) is 0. The van der Waals surface area contributed by atoms with E-state index in [0.717, 1.165) is 5.56 Å². The van der Waals surface area contributed by atoms with Crippen molar-refractivity contribution in [2.24, 2.45) is 0 Å². The Morgan fingerprint density at radius 3 is 2.40 bits per heavy atom. The quantitative estimate of drug-likeness (QED) is 0.884. The van der Waals surface area contributed by atoms with Gasteiger partial charge in [0, 0.05) is 12.1 Å². The van der Waals surface area contributed by atoms with E-state index >= 15 is 0 Å². The lowest BCUT2D eigenvalue weighted by molar-refractivity contribution is -0.122. The molecular formula is C17H18FNO. The molecule has 2 rings (SSSR count). The molecule has 0 radical (unpaired) electrons. The van der Waals surface area contributed by atoms with Crippen molar-refractivity contribution in [1.29, 1.82) is 0 Å². The summed E-state index contributed by atoms with van der Waals surface area (Å²) < 4.78 is 13.5. The van der Waals surface area contributed by atoms with Crippen LogP contribution in [0.25, 0.3) is 0 Å². The van der Waals surface area contributed by atoms with Crippen molar-refractivity contribution < 1.29 is 9.18 Å². The fourth-order valence-electron chi connectivity index (χ4n) is 2.21. The van der Waals surface area contributed by atoms with Crippen LogP contribution in [0, 0.1) is 5.82 Å². The molecule has 0 aliphatic carbocycles. The van der Waals surface area contributed by atoms with Crippen LogP contribution in [-0.2, 0) is 11.3 Å². The number of hydrogen-bond acceptors (Lipinski definition) is 1. The Bertz CT molecular complexity index is 568. The van der Waals surface area contributed by atoms with Gasteiger partial charge in [-0.15, -0.1) is 0 Å². The van der Waals surface area contributed by atoms with E-state index < -0.39 is 0 Å². The van der Waals surface area contributed by atoms with Crippen LogP contribution in [0.15, 0.2) is 54.6 Å². The molecule has 3 heteroatoms. The number of rotatable bonds is 5. The van der Waals surface area contributed by atoms with Crippen molar-refractivity contribution in [2.45, 2.75) is 25.8 Å². The number of amides is 1. The normalized spacial score (nSPS) is 11.9. The minimum Gasteiger partial charge on any atom is -0.351 e. The van der Waals surface area contributed by atoms with E-state index in [0.29, 0.717) is 12.0 Å². The zero-order valence-corrected chi connectivity index (χ0v) is 11.5. The van der Waals surface area contributed by atoms with Gasteiger partial charge in [-0.25, -0.2) is 4.39 Å². The molecule has 20 heavy (non-hydrogen) atoms. The molecule has 0 unspecified atom stereocenters. The van der Waals surface area contributed by atoms with Crippen LogP contribution in [-0.4, -0.2) is 5.91 Å². The Morgan fingerprint density at radius 2 is 1.75 bits per heavy atom. The average molecular weight is 271 g/mol. The first kappa shape index (κ1) is 14.3. The maximum Gasteiger partial charge on any atom is 0.227 e. The summed E-state index contributed by atoms with van der Waals surface area (Å²) in [5.74, 6) is -0.550. The van der Waals surface area contributed by atoms with Gasteiger partial charge in [0.1, 0.15) is 5.82 Å². The van der Waals surface area contributed by atoms with Gasteiger partial charge in [-0.3, -0.25) is 4.79 Å². The Balaban J connectivity index is 2.02. The van der Waals surface area contributed by atoms with Crippen LogP contribution in [0.5, 0.6) is 0 Å². The minimum atomic E-state index is -0.291. The Morgan fingerprint density at radius 1 is 1.10 bits per heavy atom. The van der Waals surface area contributed by atoms with Crippen LogP contribution in [0.3, 0.4) is 0 Å². The highest BCUT2D eigenvalue weighted by molar-refractivity contribution is 5.83. The van der Waals surface area contributed by atoms with E-state index in [1.54, 1.807) is 18.2 Å². The van der Waals surface area contributed by atoms with Crippen molar-refractivity contribution in [3.63, 3.8) is 0 Å². The third-order valence-electron chi connectivity index (χ3n) is 3.34. The highest BCUT2D eigenvalue weighted by Crippen LogP contribution is 2.19. The second-order valence-electron chi connectivity index (χ2n) is 4.68. The molecule has 0 bridgehead atoms. The van der Waals surface area contributed by atoms with Gasteiger partial charge in [-0.1, -0.05) is 55.5 Å². The highest BCUT2D eigenvalue weighted by Gasteiger charge is 2.18. The van der Waals surface area contributed by atoms with E-state index in [1.807, 2.05) is 37.3 Å². The first-order valence-electron chi connectivity index (χ1n) is 6.78. The Hall–Kier alpha value is -2.16. The summed E-state index contributed by atoms with van der Waals surface area (Å²) >= 11 is 0. The Labute approximate surface area is 118 Å². The summed E-state index contributed by atoms with van der Waals surface area (Å²) in [4.78, 5) is 12.2. The molecule has 0 aliphatic rings. The van der Waals surface area contributed by atoms with Gasteiger partial charge < -0.3 is 5.32 Å². The van der Waals surface area contributed by atoms with E-state index in [9.17, 15) is 9.18 Å². The lowest BCUT2D eigenvalue weighted by Crippen LogP contribution is -2.29. The maximum absolute atomic E-state index is 13.5. The standard InChI is InChI=1S/C17H18FNO/c1-2-15(13-8-4-3-5-9-13)17(20)19-12-14-10-6-7-11-16(14)18/h3-11,15H,2,12H2,1H3,(H,19,20)/t15-/m0/s1. The molecule has 2 aromatic carbocycles. The van der Waals surface area contributed by atoms with Crippen molar-refractivity contribution in [1.82, 2.24) is 5.32 Å². The molecule has 0 heterocycles. The molecule has 0 spiro atoms. The molecule has 0 aromatic heterocycles. The van der Waals surface area contributed by atoms with Crippen molar-refractivity contribution in [2.75, 3.05) is 0 Å². The topological polar surface area (TPSA) is 29.1 Å². The second kappa shape index (κ2) is 6.85. The van der Waals surface area contributed by atoms with Crippen molar-refractivity contribution in [3.05, 3.63) is 71.5 Å². The Kier molecular flexibility index (Phi) is 4.88. The fourth-order valence-corrected chi connectivity index (χ4v) is 2.21. The van der Waals surface area contributed by atoms with Crippen LogP contribution >= 0.6 is 0 Å². The smallest absolute Gasteiger partial charge is 0.227 e. The van der Waals surface area contributed by atoms with Gasteiger partial charge in [-0.05, 0) is 18.1 Å². The molecule has 0 saturated carbocycles. The predicted molar refractivity (Wildman–Crippen MR) is 77.7 cm³/mol. The summed E-state index contributed by atoms with van der Waals surface area (Å²) in [6.45, 7) is 2.19. The molecule has 2 aromatic rings. The van der Waals surface area contributed by atoms with Gasteiger partial charge in [0.2, 0.25) is 5.91 Å². The first-order valence-corrected chi connectivity index (χ1v) is 6.78. The maximum atomic E-state index is 13.5. The number of halogens is 1. The van der Waals surface area contributed by atoms with E-state index in [1.165, 1.54) is 6.07 Å². The van der Waals surface area contributed by atoms with Crippen molar-refractivity contribution >= 4 is 5.91 Å². The molecule has 1 amide bonds. The van der Waals surface area contributed by atoms with Gasteiger partial charge >= 0.3 is 0 Å². The summed E-state index contributed by atoms with van der Waals surface area (Å²) in [6.07, 6.45) is 0.715. The largest absolute Gasteiger partial charge is 0.351 e. The number of carbonyl (C=O) groups excluding carboxylic acids is 1.